The standard InChI is InChI=1S/C21H30N2O/c1-15-7-2-5-12-20(15)21(24)22-16-13-18-10-6-11-19(14-16)23(18)17-8-3-4-9-17/h2,5,7,12,16-19H,3-4,6,8-11,13-14H2,1H3,(H,22,24)/p+1/t16?,18-,19+. The summed E-state index contributed by atoms with van der Waals surface area (Å²) in [6.07, 6.45) is 12.2. The van der Waals surface area contributed by atoms with Gasteiger partial charge >= 0.3 is 0 Å². The van der Waals surface area contributed by atoms with E-state index < -0.39 is 0 Å². The second kappa shape index (κ2) is 6.87. The molecular formula is C21H31N2O+. The predicted octanol–water partition coefficient (Wildman–Crippen LogP) is 2.64. The number of amides is 1. The molecular weight excluding hydrogens is 296 g/mol. The van der Waals surface area contributed by atoms with Crippen LogP contribution in [-0.2, 0) is 0 Å². The topological polar surface area (TPSA) is 33.5 Å². The van der Waals surface area contributed by atoms with Gasteiger partial charge in [-0.3, -0.25) is 4.79 Å². The number of nitrogens with one attached hydrogen (secondary N) is 2. The molecule has 1 aliphatic carbocycles. The number of rotatable bonds is 3. The smallest absolute Gasteiger partial charge is 0.251 e. The van der Waals surface area contributed by atoms with Crippen LogP contribution in [0.25, 0.3) is 0 Å². The van der Waals surface area contributed by atoms with Crippen molar-refractivity contribution in [3.8, 4) is 0 Å². The first-order valence-electron chi connectivity index (χ1n) is 9.95. The molecule has 2 saturated heterocycles. The summed E-state index contributed by atoms with van der Waals surface area (Å²) in [6, 6.07) is 10.8. The zero-order chi connectivity index (χ0) is 16.5. The molecule has 2 bridgehead atoms. The Morgan fingerprint density at radius 1 is 0.958 bits per heavy atom. The third kappa shape index (κ3) is 3.11. The lowest BCUT2D eigenvalue weighted by atomic mass is 9.80. The minimum atomic E-state index is 0.125. The molecule has 4 atom stereocenters. The van der Waals surface area contributed by atoms with Crippen molar-refractivity contribution in [2.75, 3.05) is 0 Å². The van der Waals surface area contributed by atoms with Crippen molar-refractivity contribution < 1.29 is 9.69 Å². The fraction of sp³-hybridized carbons (Fsp3) is 0.667. The monoisotopic (exact) mass is 327 g/mol. The van der Waals surface area contributed by atoms with Crippen molar-refractivity contribution in [1.82, 2.24) is 5.32 Å². The number of benzene rings is 1. The van der Waals surface area contributed by atoms with Gasteiger partial charge in [0.1, 0.15) is 0 Å². The summed E-state index contributed by atoms with van der Waals surface area (Å²) in [4.78, 5) is 14.6. The molecule has 4 rings (SSSR count). The lowest BCUT2D eigenvalue weighted by Crippen LogP contribution is -3.24. The fourth-order valence-electron chi connectivity index (χ4n) is 5.70. The van der Waals surface area contributed by atoms with Gasteiger partial charge in [0.25, 0.3) is 5.91 Å². The molecule has 1 saturated carbocycles. The summed E-state index contributed by atoms with van der Waals surface area (Å²) < 4.78 is 0. The zero-order valence-corrected chi connectivity index (χ0v) is 14.9. The van der Waals surface area contributed by atoms with Crippen LogP contribution in [0, 0.1) is 6.92 Å². The van der Waals surface area contributed by atoms with E-state index in [1.165, 1.54) is 57.8 Å². The van der Waals surface area contributed by atoms with E-state index in [0.717, 1.165) is 29.3 Å². The van der Waals surface area contributed by atoms with Gasteiger partial charge in [-0.1, -0.05) is 18.2 Å². The molecule has 3 nitrogen and oxygen atoms in total. The van der Waals surface area contributed by atoms with Gasteiger partial charge in [0.15, 0.2) is 0 Å². The minimum Gasteiger partial charge on any atom is -0.349 e. The average Bonchev–Trinajstić information content (AvgIpc) is 3.08. The molecule has 1 aromatic rings. The molecule has 3 fully saturated rings. The van der Waals surface area contributed by atoms with Crippen LogP contribution in [-0.4, -0.2) is 30.1 Å². The van der Waals surface area contributed by atoms with E-state index in [9.17, 15) is 4.79 Å². The molecule has 0 aromatic heterocycles. The number of aryl methyl sites for hydroxylation is 1. The lowest BCUT2D eigenvalue weighted by molar-refractivity contribution is -0.982. The summed E-state index contributed by atoms with van der Waals surface area (Å²) in [7, 11) is 0. The quantitative estimate of drug-likeness (QED) is 0.879. The van der Waals surface area contributed by atoms with E-state index >= 15 is 0 Å². The second-order valence-electron chi connectivity index (χ2n) is 8.26. The van der Waals surface area contributed by atoms with E-state index in [2.05, 4.69) is 5.32 Å². The zero-order valence-electron chi connectivity index (χ0n) is 14.9. The molecule has 3 heteroatoms. The average molecular weight is 327 g/mol. The second-order valence-corrected chi connectivity index (χ2v) is 8.26. The SMILES string of the molecule is Cc1ccccc1C(=O)NC1C[C@H]2CCC[C@@H](C1)[NH+]2C1CCCC1. The molecule has 2 heterocycles. The number of carbonyl (C=O) groups excluding carboxylic acids is 1. The largest absolute Gasteiger partial charge is 0.349 e. The van der Waals surface area contributed by atoms with Gasteiger partial charge in [0, 0.05) is 24.4 Å². The maximum Gasteiger partial charge on any atom is 0.251 e. The maximum absolute atomic E-state index is 12.7. The van der Waals surface area contributed by atoms with E-state index in [-0.39, 0.29) is 5.91 Å². The van der Waals surface area contributed by atoms with E-state index in [1.807, 2.05) is 36.1 Å². The molecule has 130 valence electrons. The molecule has 2 N–H and O–H groups in total. The molecule has 0 spiro atoms. The third-order valence-corrected chi connectivity index (χ3v) is 6.74. The normalized spacial score (nSPS) is 33.4. The van der Waals surface area contributed by atoms with Crippen LogP contribution in [0.3, 0.4) is 0 Å². The van der Waals surface area contributed by atoms with Crippen LogP contribution in [0.5, 0.6) is 0 Å². The number of fused-ring (bicyclic) bond motifs is 2. The summed E-state index contributed by atoms with van der Waals surface area (Å²) in [5, 5.41) is 3.36. The van der Waals surface area contributed by atoms with Gasteiger partial charge in [-0.05, 0) is 63.5 Å². The lowest BCUT2D eigenvalue weighted by Gasteiger charge is -2.48. The summed E-state index contributed by atoms with van der Waals surface area (Å²) >= 11 is 0. The van der Waals surface area contributed by atoms with Crippen molar-refractivity contribution in [3.63, 3.8) is 0 Å². The van der Waals surface area contributed by atoms with Gasteiger partial charge in [-0.15, -0.1) is 0 Å². The number of hydrogen-bond donors (Lipinski definition) is 2. The van der Waals surface area contributed by atoms with Crippen LogP contribution in [0.15, 0.2) is 24.3 Å². The minimum absolute atomic E-state index is 0.125. The Hall–Kier alpha value is -1.35. The van der Waals surface area contributed by atoms with Crippen LogP contribution in [0.2, 0.25) is 0 Å². The highest BCUT2D eigenvalue weighted by molar-refractivity contribution is 5.95. The Morgan fingerprint density at radius 3 is 2.25 bits per heavy atom. The van der Waals surface area contributed by atoms with Gasteiger partial charge in [-0.2, -0.15) is 0 Å². The Kier molecular flexibility index (Phi) is 4.62. The number of carbonyl (C=O) groups is 1. The van der Waals surface area contributed by atoms with E-state index in [4.69, 9.17) is 0 Å². The highest BCUT2D eigenvalue weighted by Gasteiger charge is 2.46. The number of hydrogen-bond acceptors (Lipinski definition) is 1. The molecule has 1 amide bonds. The number of piperidine rings is 2. The van der Waals surface area contributed by atoms with Crippen LogP contribution in [0.4, 0.5) is 0 Å². The fourth-order valence-corrected chi connectivity index (χ4v) is 5.70. The van der Waals surface area contributed by atoms with Crippen LogP contribution < -0.4 is 10.2 Å². The van der Waals surface area contributed by atoms with Gasteiger partial charge < -0.3 is 10.2 Å². The van der Waals surface area contributed by atoms with Crippen LogP contribution in [0.1, 0.15) is 73.7 Å². The summed E-state index contributed by atoms with van der Waals surface area (Å²) in [5.74, 6) is 0.125. The summed E-state index contributed by atoms with van der Waals surface area (Å²) in [5.41, 5.74) is 1.91. The molecule has 2 aliphatic heterocycles. The first-order chi connectivity index (χ1) is 11.7. The van der Waals surface area contributed by atoms with Gasteiger partial charge in [0.05, 0.1) is 18.1 Å². The van der Waals surface area contributed by atoms with Crippen molar-refractivity contribution in [2.45, 2.75) is 88.9 Å². The predicted molar refractivity (Wildman–Crippen MR) is 96.3 cm³/mol. The van der Waals surface area contributed by atoms with Crippen molar-refractivity contribution in [3.05, 3.63) is 35.4 Å². The highest BCUT2D eigenvalue weighted by Crippen LogP contribution is 2.26. The molecule has 2 unspecified atom stereocenters. The Balaban J connectivity index is 1.43. The van der Waals surface area contributed by atoms with Gasteiger partial charge in [-0.25, -0.2) is 0 Å². The van der Waals surface area contributed by atoms with Gasteiger partial charge in [0.2, 0.25) is 0 Å². The van der Waals surface area contributed by atoms with Crippen molar-refractivity contribution in [2.24, 2.45) is 0 Å². The third-order valence-electron chi connectivity index (χ3n) is 6.74. The Morgan fingerprint density at radius 2 is 1.58 bits per heavy atom. The van der Waals surface area contributed by atoms with E-state index in [1.54, 1.807) is 0 Å². The maximum atomic E-state index is 12.7. The van der Waals surface area contributed by atoms with E-state index in [0.29, 0.717) is 6.04 Å². The molecule has 24 heavy (non-hydrogen) atoms. The van der Waals surface area contributed by atoms with Crippen LogP contribution >= 0.6 is 0 Å². The van der Waals surface area contributed by atoms with Crippen molar-refractivity contribution in [1.29, 1.82) is 0 Å². The molecule has 0 radical (unpaired) electrons. The first kappa shape index (κ1) is 16.1. The Bertz CT molecular complexity index is 579. The van der Waals surface area contributed by atoms with Crippen molar-refractivity contribution >= 4 is 5.91 Å². The number of quaternary nitrogens is 1. The molecule has 3 aliphatic rings. The Labute approximate surface area is 145 Å². The first-order valence-corrected chi connectivity index (χ1v) is 9.95. The summed E-state index contributed by atoms with van der Waals surface area (Å²) in [6.45, 7) is 2.02. The highest BCUT2D eigenvalue weighted by atomic mass is 16.1. The molecule has 1 aromatic carbocycles.